The molecule has 0 bridgehead atoms. The lowest BCUT2D eigenvalue weighted by Gasteiger charge is -2.18. The van der Waals surface area contributed by atoms with Crippen molar-refractivity contribution in [3.63, 3.8) is 0 Å². The van der Waals surface area contributed by atoms with Crippen LogP contribution in [0.5, 0.6) is 0 Å². The van der Waals surface area contributed by atoms with Gasteiger partial charge in [-0.1, -0.05) is 18.1 Å². The zero-order chi connectivity index (χ0) is 31.8. The number of anilines is 3. The number of benzene rings is 1. The molecule has 3 heterocycles. The van der Waals surface area contributed by atoms with E-state index in [4.69, 9.17) is 19.1 Å². The van der Waals surface area contributed by atoms with Gasteiger partial charge in [-0.05, 0) is 43.5 Å². The fourth-order valence-corrected chi connectivity index (χ4v) is 4.05. The molecule has 1 aromatic carbocycles. The standard InChI is InChI=1S/C28H29N7O9/c1-4-10-29-26(39)19-13-34-24(17(19)3)25(30-14-31-34)32-20-12-18(6-5-16(20)2)27(40)35(21-9-11-44-33-21)28(41)43-15-42-23(38)8-7-22(36)37/h5-6,9,11-14H,4,7-8,10,15H2,1-3H3,(H,29,39)(H,36,37)(H,30,31,32). The van der Waals surface area contributed by atoms with Gasteiger partial charge in [0, 0.05) is 30.1 Å². The second-order valence-electron chi connectivity index (χ2n) is 9.42. The van der Waals surface area contributed by atoms with Crippen molar-refractivity contribution in [2.75, 3.05) is 23.6 Å². The molecule has 0 aliphatic carbocycles. The van der Waals surface area contributed by atoms with Crippen LogP contribution in [0.1, 0.15) is 58.0 Å². The SMILES string of the molecule is CCCNC(=O)c1cn2ncnc(Nc3cc(C(=O)N(C(=O)OCOC(=O)CCC(=O)O)c4ccon4)ccc3C)c2c1C. The Morgan fingerprint density at radius 1 is 1.09 bits per heavy atom. The zero-order valence-corrected chi connectivity index (χ0v) is 24.0. The number of hydrogen-bond acceptors (Lipinski definition) is 12. The molecular formula is C28H29N7O9. The molecule has 3 N–H and O–H groups in total. The second kappa shape index (κ2) is 13.9. The van der Waals surface area contributed by atoms with Gasteiger partial charge in [0.1, 0.15) is 18.1 Å². The van der Waals surface area contributed by atoms with E-state index in [1.54, 1.807) is 26.1 Å². The average molecular weight is 608 g/mol. The maximum Gasteiger partial charge on any atom is 0.425 e. The maximum absolute atomic E-state index is 13.6. The van der Waals surface area contributed by atoms with E-state index in [2.05, 4.69) is 25.9 Å². The van der Waals surface area contributed by atoms with Crippen LogP contribution in [0.4, 0.5) is 22.1 Å². The minimum absolute atomic E-state index is 0.0494. The van der Waals surface area contributed by atoms with Gasteiger partial charge in [0.05, 0.1) is 18.4 Å². The molecule has 3 aromatic heterocycles. The van der Waals surface area contributed by atoms with Crippen molar-refractivity contribution in [3.05, 3.63) is 65.3 Å². The number of carboxylic acids is 1. The molecule has 0 spiro atoms. The molecule has 0 unspecified atom stereocenters. The smallest absolute Gasteiger partial charge is 0.425 e. The van der Waals surface area contributed by atoms with Crippen LogP contribution in [-0.2, 0) is 19.1 Å². The van der Waals surface area contributed by atoms with Crippen LogP contribution in [0.3, 0.4) is 0 Å². The first-order valence-electron chi connectivity index (χ1n) is 13.4. The van der Waals surface area contributed by atoms with Crippen molar-refractivity contribution in [3.8, 4) is 0 Å². The molecule has 16 heteroatoms. The third-order valence-electron chi connectivity index (χ3n) is 6.33. The molecule has 0 aliphatic rings. The van der Waals surface area contributed by atoms with Gasteiger partial charge in [-0.25, -0.2) is 14.3 Å². The number of carbonyl (C=O) groups excluding carboxylic acids is 4. The van der Waals surface area contributed by atoms with Gasteiger partial charge >= 0.3 is 18.0 Å². The van der Waals surface area contributed by atoms with E-state index in [0.717, 1.165) is 18.2 Å². The number of nitrogens with one attached hydrogen (secondary N) is 2. The van der Waals surface area contributed by atoms with Crippen LogP contribution in [0.15, 0.2) is 47.6 Å². The Kier molecular flexibility index (Phi) is 9.85. The van der Waals surface area contributed by atoms with Crippen LogP contribution in [-0.4, -0.2) is 68.0 Å². The summed E-state index contributed by atoms with van der Waals surface area (Å²) in [5, 5.41) is 22.6. The highest BCUT2D eigenvalue weighted by atomic mass is 16.7. The Morgan fingerprint density at radius 2 is 1.89 bits per heavy atom. The molecule has 4 aromatic rings. The Morgan fingerprint density at radius 3 is 2.59 bits per heavy atom. The van der Waals surface area contributed by atoms with Crippen molar-refractivity contribution in [1.82, 2.24) is 25.1 Å². The van der Waals surface area contributed by atoms with E-state index in [-0.39, 0.29) is 17.3 Å². The number of nitrogens with zero attached hydrogens (tertiary/aromatic N) is 5. The van der Waals surface area contributed by atoms with Crippen LogP contribution >= 0.6 is 0 Å². The number of aromatic nitrogens is 4. The fourth-order valence-electron chi connectivity index (χ4n) is 4.05. The monoisotopic (exact) mass is 607 g/mol. The Balaban J connectivity index is 1.57. The van der Waals surface area contributed by atoms with Gasteiger partial charge in [-0.2, -0.15) is 10.00 Å². The lowest BCUT2D eigenvalue weighted by Crippen LogP contribution is -2.38. The number of aryl methyl sites for hydroxylation is 2. The van der Waals surface area contributed by atoms with Gasteiger partial charge in [0.15, 0.2) is 11.6 Å². The summed E-state index contributed by atoms with van der Waals surface area (Å²) in [4.78, 5) is 66.4. The third-order valence-corrected chi connectivity index (χ3v) is 6.33. The van der Waals surface area contributed by atoms with Gasteiger partial charge in [-0.15, -0.1) is 0 Å². The number of hydrogen-bond donors (Lipinski definition) is 3. The second-order valence-corrected chi connectivity index (χ2v) is 9.42. The Labute approximate surface area is 249 Å². The zero-order valence-electron chi connectivity index (χ0n) is 24.0. The first kappa shape index (κ1) is 31.1. The largest absolute Gasteiger partial charge is 0.481 e. The van der Waals surface area contributed by atoms with Crippen molar-refractivity contribution in [2.45, 2.75) is 40.0 Å². The number of esters is 1. The molecule has 0 fully saturated rings. The fraction of sp³-hybridized carbons (Fsp3) is 0.286. The first-order valence-corrected chi connectivity index (χ1v) is 13.4. The number of imide groups is 1. The van der Waals surface area contributed by atoms with E-state index in [1.807, 2.05) is 6.92 Å². The third kappa shape index (κ3) is 7.15. The highest BCUT2D eigenvalue weighted by molar-refractivity contribution is 6.19. The summed E-state index contributed by atoms with van der Waals surface area (Å²) >= 11 is 0. The molecule has 3 amide bonds. The quantitative estimate of drug-likeness (QED) is 0.156. The van der Waals surface area contributed by atoms with E-state index in [0.29, 0.717) is 39.6 Å². The number of ether oxygens (including phenoxy) is 2. The maximum atomic E-state index is 13.6. The van der Waals surface area contributed by atoms with Crippen LogP contribution in [0, 0.1) is 13.8 Å². The Bertz CT molecular complexity index is 1700. The highest BCUT2D eigenvalue weighted by Gasteiger charge is 2.29. The molecule has 0 radical (unpaired) electrons. The van der Waals surface area contributed by atoms with E-state index >= 15 is 0 Å². The summed E-state index contributed by atoms with van der Waals surface area (Å²) < 4.78 is 16.0. The van der Waals surface area contributed by atoms with Crippen molar-refractivity contribution in [2.24, 2.45) is 0 Å². The predicted octanol–water partition coefficient (Wildman–Crippen LogP) is 3.37. The molecule has 4 rings (SSSR count). The lowest BCUT2D eigenvalue weighted by molar-refractivity contribution is -0.154. The number of carboxylic acid groups (broad SMARTS) is 1. The lowest BCUT2D eigenvalue weighted by atomic mass is 10.1. The van der Waals surface area contributed by atoms with E-state index in [1.165, 1.54) is 29.0 Å². The number of amides is 3. The van der Waals surface area contributed by atoms with Gasteiger partial charge < -0.3 is 29.7 Å². The summed E-state index contributed by atoms with van der Waals surface area (Å²) in [6.45, 7) is 5.20. The molecule has 0 atom stereocenters. The summed E-state index contributed by atoms with van der Waals surface area (Å²) in [6.07, 6.45) is 2.76. The summed E-state index contributed by atoms with van der Waals surface area (Å²) in [6, 6.07) is 5.89. The predicted molar refractivity (Wildman–Crippen MR) is 152 cm³/mol. The highest BCUT2D eigenvalue weighted by Crippen LogP contribution is 2.28. The van der Waals surface area contributed by atoms with Crippen LogP contribution in [0.25, 0.3) is 5.52 Å². The minimum Gasteiger partial charge on any atom is -0.481 e. The van der Waals surface area contributed by atoms with Crippen molar-refractivity contribution >= 4 is 52.7 Å². The Hall–Kier alpha value is -5.80. The van der Waals surface area contributed by atoms with Gasteiger partial charge in [0.25, 0.3) is 11.8 Å². The molecule has 44 heavy (non-hydrogen) atoms. The molecule has 0 aliphatic heterocycles. The molecule has 16 nitrogen and oxygen atoms in total. The summed E-state index contributed by atoms with van der Waals surface area (Å²) in [7, 11) is 0. The number of aliphatic carboxylic acids is 1. The summed E-state index contributed by atoms with van der Waals surface area (Å²) in [5.41, 5.74) is 2.89. The first-order chi connectivity index (χ1) is 21.1. The number of fused-ring (bicyclic) bond motifs is 1. The van der Waals surface area contributed by atoms with Crippen molar-refractivity contribution in [1.29, 1.82) is 0 Å². The van der Waals surface area contributed by atoms with Gasteiger partial charge in [-0.3, -0.25) is 19.2 Å². The molecular weight excluding hydrogens is 578 g/mol. The molecule has 0 saturated carbocycles. The van der Waals surface area contributed by atoms with E-state index < -0.39 is 43.6 Å². The summed E-state index contributed by atoms with van der Waals surface area (Å²) in [5.74, 6) is -2.99. The molecule has 0 saturated heterocycles. The average Bonchev–Trinajstić information content (AvgIpc) is 3.64. The number of carbonyl (C=O) groups is 5. The van der Waals surface area contributed by atoms with Crippen molar-refractivity contribution < 1.29 is 43.1 Å². The van der Waals surface area contributed by atoms with Crippen LogP contribution < -0.4 is 15.5 Å². The number of rotatable bonds is 12. The topological polar surface area (TPSA) is 208 Å². The van der Waals surface area contributed by atoms with Crippen LogP contribution in [0.2, 0.25) is 0 Å². The molecule has 230 valence electrons. The van der Waals surface area contributed by atoms with E-state index in [9.17, 15) is 24.0 Å². The minimum atomic E-state index is -1.22. The van der Waals surface area contributed by atoms with Gasteiger partial charge in [0.2, 0.25) is 6.79 Å². The normalized spacial score (nSPS) is 10.7.